The van der Waals surface area contributed by atoms with Gasteiger partial charge in [0.15, 0.2) is 0 Å². The van der Waals surface area contributed by atoms with E-state index in [9.17, 15) is 4.79 Å². The van der Waals surface area contributed by atoms with Crippen molar-refractivity contribution in [1.29, 1.82) is 0 Å². The molecule has 2 aromatic carbocycles. The molecule has 0 aliphatic rings. The summed E-state index contributed by atoms with van der Waals surface area (Å²) in [5.41, 5.74) is 3.74. The summed E-state index contributed by atoms with van der Waals surface area (Å²) < 4.78 is 0. The molecule has 0 unspecified atom stereocenters. The van der Waals surface area contributed by atoms with Gasteiger partial charge in [-0.3, -0.25) is 4.79 Å². The summed E-state index contributed by atoms with van der Waals surface area (Å²) >= 11 is 1.65. The predicted octanol–water partition coefficient (Wildman–Crippen LogP) is 3.65. The van der Waals surface area contributed by atoms with Crippen LogP contribution in [0.5, 0.6) is 0 Å². The van der Waals surface area contributed by atoms with Crippen LogP contribution in [0.15, 0.2) is 54.6 Å². The van der Waals surface area contributed by atoms with Gasteiger partial charge in [0.1, 0.15) is 0 Å². The van der Waals surface area contributed by atoms with Crippen molar-refractivity contribution in [3.8, 4) is 0 Å². The van der Waals surface area contributed by atoms with Crippen molar-refractivity contribution in [1.82, 2.24) is 10.2 Å². The molecule has 4 heteroatoms. The Labute approximate surface area is 149 Å². The van der Waals surface area contributed by atoms with Gasteiger partial charge in [0.2, 0.25) is 5.91 Å². The highest BCUT2D eigenvalue weighted by molar-refractivity contribution is 7.99. The molecular formula is C20H26N2OS. The average molecular weight is 343 g/mol. The van der Waals surface area contributed by atoms with Crippen LogP contribution >= 0.6 is 11.8 Å². The molecule has 0 heterocycles. The van der Waals surface area contributed by atoms with Gasteiger partial charge >= 0.3 is 0 Å². The first kappa shape index (κ1) is 18.6. The minimum Gasteiger partial charge on any atom is -0.353 e. The van der Waals surface area contributed by atoms with Crippen molar-refractivity contribution in [2.45, 2.75) is 18.7 Å². The number of benzene rings is 2. The van der Waals surface area contributed by atoms with E-state index in [-0.39, 0.29) is 11.9 Å². The second-order valence-electron chi connectivity index (χ2n) is 6.18. The monoisotopic (exact) mass is 342 g/mol. The number of nitrogens with one attached hydrogen (secondary N) is 1. The van der Waals surface area contributed by atoms with Crippen LogP contribution < -0.4 is 5.32 Å². The Morgan fingerprint density at radius 2 is 1.88 bits per heavy atom. The van der Waals surface area contributed by atoms with Crippen LogP contribution in [0.4, 0.5) is 0 Å². The lowest BCUT2D eigenvalue weighted by atomic mass is 10.1. The summed E-state index contributed by atoms with van der Waals surface area (Å²) in [4.78, 5) is 14.2. The molecule has 0 aliphatic heterocycles. The summed E-state index contributed by atoms with van der Waals surface area (Å²) in [6, 6.07) is 18.9. The van der Waals surface area contributed by atoms with Crippen molar-refractivity contribution in [3.63, 3.8) is 0 Å². The summed E-state index contributed by atoms with van der Waals surface area (Å²) in [7, 11) is 4.08. The van der Waals surface area contributed by atoms with E-state index in [0.717, 1.165) is 5.75 Å². The third kappa shape index (κ3) is 6.02. The van der Waals surface area contributed by atoms with E-state index in [0.29, 0.717) is 12.3 Å². The highest BCUT2D eigenvalue weighted by atomic mass is 32.2. The molecule has 0 fully saturated rings. The molecule has 0 saturated heterocycles. The van der Waals surface area contributed by atoms with Gasteiger partial charge in [-0.25, -0.2) is 0 Å². The molecule has 2 aromatic rings. The summed E-state index contributed by atoms with van der Waals surface area (Å²) in [5.74, 6) is 1.45. The van der Waals surface area contributed by atoms with Gasteiger partial charge in [0.25, 0.3) is 0 Å². The normalized spacial score (nSPS) is 12.2. The summed E-state index contributed by atoms with van der Waals surface area (Å²) in [5, 5.41) is 3.06. The largest absolute Gasteiger partial charge is 0.353 e. The van der Waals surface area contributed by atoms with Crippen molar-refractivity contribution in [2.24, 2.45) is 0 Å². The zero-order valence-corrected chi connectivity index (χ0v) is 15.5. The van der Waals surface area contributed by atoms with Crippen molar-refractivity contribution in [3.05, 3.63) is 71.3 Å². The average Bonchev–Trinajstić information content (AvgIpc) is 2.56. The topological polar surface area (TPSA) is 32.3 Å². The number of carbonyl (C=O) groups is 1. The van der Waals surface area contributed by atoms with Crippen LogP contribution in [0.2, 0.25) is 0 Å². The zero-order valence-electron chi connectivity index (χ0n) is 14.7. The van der Waals surface area contributed by atoms with Gasteiger partial charge < -0.3 is 10.2 Å². The maximum absolute atomic E-state index is 12.1. The summed E-state index contributed by atoms with van der Waals surface area (Å²) in [6.45, 7) is 2.71. The highest BCUT2D eigenvalue weighted by Crippen LogP contribution is 2.17. The van der Waals surface area contributed by atoms with Crippen LogP contribution in [0.3, 0.4) is 0 Å². The fourth-order valence-electron chi connectivity index (χ4n) is 2.60. The number of thioether (sulfide) groups is 1. The lowest BCUT2D eigenvalue weighted by molar-refractivity contribution is -0.118. The predicted molar refractivity (Wildman–Crippen MR) is 103 cm³/mol. The Morgan fingerprint density at radius 3 is 2.54 bits per heavy atom. The van der Waals surface area contributed by atoms with Gasteiger partial charge in [-0.15, -0.1) is 11.8 Å². The molecule has 1 amide bonds. The first-order valence-electron chi connectivity index (χ1n) is 8.17. The number of aryl methyl sites for hydroxylation is 1. The van der Waals surface area contributed by atoms with Gasteiger partial charge in [-0.2, -0.15) is 0 Å². The number of nitrogens with zero attached hydrogens (tertiary/aromatic N) is 1. The molecule has 0 aromatic heterocycles. The van der Waals surface area contributed by atoms with Crippen LogP contribution in [0.1, 0.15) is 22.7 Å². The van der Waals surface area contributed by atoms with Crippen LogP contribution in [0.25, 0.3) is 0 Å². The minimum atomic E-state index is 0.0930. The Kier molecular flexibility index (Phi) is 7.35. The van der Waals surface area contributed by atoms with Crippen molar-refractivity contribution < 1.29 is 4.79 Å². The second-order valence-corrected chi connectivity index (χ2v) is 7.16. The van der Waals surface area contributed by atoms with Crippen LogP contribution in [-0.4, -0.2) is 37.2 Å². The lowest BCUT2D eigenvalue weighted by Gasteiger charge is -2.25. The highest BCUT2D eigenvalue weighted by Gasteiger charge is 2.14. The van der Waals surface area contributed by atoms with Crippen molar-refractivity contribution >= 4 is 17.7 Å². The molecule has 1 atom stereocenters. The lowest BCUT2D eigenvalue weighted by Crippen LogP contribution is -2.35. The fraction of sp³-hybridized carbons (Fsp3) is 0.350. The standard InChI is InChI=1S/C20H26N2OS/c1-16-8-7-9-17(12-16)14-24-15-20(23)21-13-19(22(2)3)18-10-5-4-6-11-18/h4-12,19H,13-15H2,1-3H3,(H,21,23)/t19-/m1/s1. The molecule has 24 heavy (non-hydrogen) atoms. The SMILES string of the molecule is Cc1cccc(CSCC(=O)NC[C@H](c2ccccc2)N(C)C)c1. The van der Waals surface area contributed by atoms with E-state index in [1.54, 1.807) is 11.8 Å². The first-order valence-corrected chi connectivity index (χ1v) is 9.33. The quantitative estimate of drug-likeness (QED) is 0.795. The molecule has 2 rings (SSSR count). The van der Waals surface area contributed by atoms with Crippen molar-refractivity contribution in [2.75, 3.05) is 26.4 Å². The Balaban J connectivity index is 1.77. The Hall–Kier alpha value is -1.78. The molecule has 0 spiro atoms. The molecular weight excluding hydrogens is 316 g/mol. The van der Waals surface area contributed by atoms with Gasteiger partial charge in [0.05, 0.1) is 11.8 Å². The molecule has 0 aliphatic carbocycles. The number of likely N-dealkylation sites (N-methyl/N-ethyl adjacent to an activating group) is 1. The van der Waals surface area contributed by atoms with E-state index >= 15 is 0 Å². The smallest absolute Gasteiger partial charge is 0.230 e. The Morgan fingerprint density at radius 1 is 1.12 bits per heavy atom. The van der Waals surface area contributed by atoms with E-state index in [1.165, 1.54) is 16.7 Å². The third-order valence-electron chi connectivity index (χ3n) is 3.88. The first-order chi connectivity index (χ1) is 11.6. The number of hydrogen-bond acceptors (Lipinski definition) is 3. The molecule has 0 saturated carbocycles. The zero-order chi connectivity index (χ0) is 17.4. The van der Waals surface area contributed by atoms with E-state index < -0.39 is 0 Å². The third-order valence-corrected chi connectivity index (χ3v) is 4.89. The fourth-order valence-corrected chi connectivity index (χ4v) is 3.40. The Bertz CT molecular complexity index is 643. The molecule has 0 radical (unpaired) electrons. The van der Waals surface area contributed by atoms with Gasteiger partial charge in [-0.1, -0.05) is 60.2 Å². The number of hydrogen-bond donors (Lipinski definition) is 1. The molecule has 1 N–H and O–H groups in total. The molecule has 3 nitrogen and oxygen atoms in total. The minimum absolute atomic E-state index is 0.0930. The number of amides is 1. The van der Waals surface area contributed by atoms with Gasteiger partial charge in [-0.05, 0) is 32.1 Å². The van der Waals surface area contributed by atoms with Crippen LogP contribution in [-0.2, 0) is 10.5 Å². The number of rotatable bonds is 8. The number of carbonyl (C=O) groups excluding carboxylic acids is 1. The second kappa shape index (κ2) is 9.50. The van der Waals surface area contributed by atoms with E-state index in [4.69, 9.17) is 0 Å². The summed E-state index contributed by atoms with van der Waals surface area (Å²) in [6.07, 6.45) is 0. The molecule has 0 bridgehead atoms. The van der Waals surface area contributed by atoms with E-state index in [1.807, 2.05) is 32.3 Å². The van der Waals surface area contributed by atoms with Crippen LogP contribution in [0, 0.1) is 6.92 Å². The molecule has 128 valence electrons. The van der Waals surface area contributed by atoms with E-state index in [2.05, 4.69) is 53.5 Å². The maximum Gasteiger partial charge on any atom is 0.230 e. The maximum atomic E-state index is 12.1. The van der Waals surface area contributed by atoms with Gasteiger partial charge in [0, 0.05) is 12.3 Å².